The van der Waals surface area contributed by atoms with Crippen molar-refractivity contribution < 1.29 is 23.5 Å². The standard InChI is InChI=1S/C20H21ClFNO4/c1-2-3-4-9-26-19(25)16-15-7-8-20(27-15)11-23(18(24)17(16)20)12-5-6-13(21)14(22)10-12/h5-8,10,15-17H,2-4,9,11H2,1H3/t15-,16+,17-,20+/m0/s1. The minimum absolute atomic E-state index is 0.00522. The molecule has 3 aliphatic rings. The molecule has 2 fully saturated rings. The van der Waals surface area contributed by atoms with E-state index in [0.29, 0.717) is 12.3 Å². The van der Waals surface area contributed by atoms with Gasteiger partial charge in [0.1, 0.15) is 17.3 Å². The topological polar surface area (TPSA) is 55.8 Å². The van der Waals surface area contributed by atoms with Crippen LogP contribution in [0.2, 0.25) is 5.02 Å². The molecule has 4 rings (SSSR count). The Kier molecular flexibility index (Phi) is 4.72. The molecule has 0 saturated carbocycles. The lowest BCUT2D eigenvalue weighted by Gasteiger charge is -2.22. The number of benzene rings is 1. The number of carbonyl (C=O) groups excluding carboxylic acids is 2. The van der Waals surface area contributed by atoms with E-state index in [2.05, 4.69) is 6.92 Å². The quantitative estimate of drug-likeness (QED) is 0.421. The highest BCUT2D eigenvalue weighted by molar-refractivity contribution is 6.30. The number of amides is 1. The normalized spacial score (nSPS) is 30.9. The molecule has 4 atom stereocenters. The molecule has 5 nitrogen and oxygen atoms in total. The lowest BCUT2D eigenvalue weighted by atomic mass is 9.77. The van der Waals surface area contributed by atoms with Crippen molar-refractivity contribution in [3.63, 3.8) is 0 Å². The van der Waals surface area contributed by atoms with Gasteiger partial charge in [0.2, 0.25) is 5.91 Å². The highest BCUT2D eigenvalue weighted by atomic mass is 35.5. The number of unbranched alkanes of at least 4 members (excludes halogenated alkanes) is 2. The van der Waals surface area contributed by atoms with Gasteiger partial charge in [-0.05, 0) is 24.6 Å². The monoisotopic (exact) mass is 393 g/mol. The van der Waals surface area contributed by atoms with Gasteiger partial charge in [-0.1, -0.05) is 43.5 Å². The maximum Gasteiger partial charge on any atom is 0.312 e. The molecule has 2 bridgehead atoms. The maximum absolute atomic E-state index is 13.9. The Morgan fingerprint density at radius 2 is 2.26 bits per heavy atom. The van der Waals surface area contributed by atoms with Gasteiger partial charge in [-0.15, -0.1) is 0 Å². The van der Waals surface area contributed by atoms with Crippen molar-refractivity contribution in [1.82, 2.24) is 0 Å². The van der Waals surface area contributed by atoms with Crippen molar-refractivity contribution >= 4 is 29.2 Å². The van der Waals surface area contributed by atoms with Crippen molar-refractivity contribution in [3.8, 4) is 0 Å². The van der Waals surface area contributed by atoms with Gasteiger partial charge < -0.3 is 14.4 Å². The Morgan fingerprint density at radius 3 is 3.00 bits per heavy atom. The van der Waals surface area contributed by atoms with Crippen LogP contribution in [0.1, 0.15) is 26.2 Å². The van der Waals surface area contributed by atoms with Crippen molar-refractivity contribution in [1.29, 1.82) is 0 Å². The summed E-state index contributed by atoms with van der Waals surface area (Å²) in [6.45, 7) is 2.66. The number of rotatable bonds is 6. The van der Waals surface area contributed by atoms with E-state index in [0.717, 1.165) is 19.3 Å². The fraction of sp³-hybridized carbons (Fsp3) is 0.500. The molecule has 1 aromatic rings. The van der Waals surface area contributed by atoms with Crippen molar-refractivity contribution in [2.24, 2.45) is 11.8 Å². The molecule has 0 N–H and O–H groups in total. The van der Waals surface area contributed by atoms with Crippen LogP contribution < -0.4 is 4.90 Å². The zero-order chi connectivity index (χ0) is 19.2. The maximum atomic E-state index is 13.9. The number of nitrogens with zero attached hydrogens (tertiary/aromatic N) is 1. The predicted octanol–water partition coefficient (Wildman–Crippen LogP) is 3.50. The van der Waals surface area contributed by atoms with E-state index in [1.807, 2.05) is 12.2 Å². The van der Waals surface area contributed by atoms with Gasteiger partial charge in [0, 0.05) is 5.69 Å². The van der Waals surface area contributed by atoms with Crippen LogP contribution in [0, 0.1) is 17.7 Å². The summed E-state index contributed by atoms with van der Waals surface area (Å²) in [5, 5.41) is -0.00522. The van der Waals surface area contributed by atoms with Crippen molar-refractivity contribution in [2.75, 3.05) is 18.1 Å². The Balaban J connectivity index is 1.55. The summed E-state index contributed by atoms with van der Waals surface area (Å²) in [5.41, 5.74) is -0.452. The molecule has 144 valence electrons. The third-order valence-electron chi connectivity index (χ3n) is 5.58. The highest BCUT2D eigenvalue weighted by Gasteiger charge is 2.67. The second-order valence-electron chi connectivity index (χ2n) is 7.30. The minimum Gasteiger partial charge on any atom is -0.465 e. The van der Waals surface area contributed by atoms with Crippen LogP contribution in [-0.4, -0.2) is 36.7 Å². The smallest absolute Gasteiger partial charge is 0.312 e. The van der Waals surface area contributed by atoms with E-state index in [4.69, 9.17) is 21.1 Å². The van der Waals surface area contributed by atoms with Crippen molar-refractivity contribution in [2.45, 2.75) is 37.9 Å². The molecule has 27 heavy (non-hydrogen) atoms. The number of fused-ring (bicyclic) bond motifs is 1. The van der Waals surface area contributed by atoms with Gasteiger partial charge in [-0.2, -0.15) is 0 Å². The summed E-state index contributed by atoms with van der Waals surface area (Å²) >= 11 is 5.74. The molecular formula is C20H21ClFNO4. The largest absolute Gasteiger partial charge is 0.465 e. The van der Waals surface area contributed by atoms with E-state index < -0.39 is 35.3 Å². The number of esters is 1. The molecule has 7 heteroatoms. The molecule has 0 unspecified atom stereocenters. The van der Waals surface area contributed by atoms with Crippen LogP contribution in [-0.2, 0) is 19.1 Å². The van der Waals surface area contributed by atoms with Crippen LogP contribution in [0.5, 0.6) is 0 Å². The first-order valence-electron chi connectivity index (χ1n) is 9.27. The number of anilines is 1. The number of ether oxygens (including phenoxy) is 2. The first-order valence-corrected chi connectivity index (χ1v) is 9.65. The van der Waals surface area contributed by atoms with E-state index >= 15 is 0 Å². The lowest BCUT2D eigenvalue weighted by molar-refractivity contribution is -0.152. The van der Waals surface area contributed by atoms with Gasteiger partial charge in [-0.25, -0.2) is 4.39 Å². The molecule has 1 aromatic carbocycles. The predicted molar refractivity (Wildman–Crippen MR) is 98.0 cm³/mol. The third-order valence-corrected chi connectivity index (χ3v) is 5.89. The van der Waals surface area contributed by atoms with Crippen LogP contribution >= 0.6 is 11.6 Å². The summed E-state index contributed by atoms with van der Waals surface area (Å²) < 4.78 is 25.3. The second-order valence-corrected chi connectivity index (χ2v) is 7.70. The first-order chi connectivity index (χ1) is 13.0. The average molecular weight is 394 g/mol. The molecule has 0 radical (unpaired) electrons. The zero-order valence-corrected chi connectivity index (χ0v) is 15.7. The Labute approximate surface area is 162 Å². The van der Waals surface area contributed by atoms with Crippen LogP contribution in [0.15, 0.2) is 30.4 Å². The van der Waals surface area contributed by atoms with E-state index in [1.54, 1.807) is 6.07 Å². The second kappa shape index (κ2) is 6.91. The SMILES string of the molecule is CCCCCOC(=O)[C@@H]1[C@@H]2C=C[C@]3(CN(c4ccc(Cl)c(F)c4)C(=O)[C@H]13)O2. The van der Waals surface area contributed by atoms with E-state index in [-0.39, 0.29) is 17.5 Å². The molecule has 0 aliphatic carbocycles. The molecule has 3 aliphatic heterocycles. The molecule has 2 saturated heterocycles. The number of carbonyl (C=O) groups is 2. The third kappa shape index (κ3) is 2.95. The molecule has 0 aromatic heterocycles. The number of hydrogen-bond acceptors (Lipinski definition) is 4. The summed E-state index contributed by atoms with van der Waals surface area (Å²) in [5.74, 6) is -2.55. The Bertz CT molecular complexity index is 813. The minimum atomic E-state index is -0.856. The summed E-state index contributed by atoms with van der Waals surface area (Å²) in [7, 11) is 0. The number of halogens is 2. The summed E-state index contributed by atoms with van der Waals surface area (Å²) in [6, 6.07) is 4.24. The van der Waals surface area contributed by atoms with Gasteiger partial charge in [-0.3, -0.25) is 9.59 Å². The lowest BCUT2D eigenvalue weighted by Crippen LogP contribution is -2.40. The molecule has 1 spiro atoms. The zero-order valence-electron chi connectivity index (χ0n) is 15.0. The first kappa shape index (κ1) is 18.4. The fourth-order valence-electron chi connectivity index (χ4n) is 4.26. The highest BCUT2D eigenvalue weighted by Crippen LogP contribution is 2.53. The Hall–Kier alpha value is -1.92. The molecular weight excluding hydrogens is 373 g/mol. The summed E-state index contributed by atoms with van der Waals surface area (Å²) in [6.07, 6.45) is 6.06. The van der Waals surface area contributed by atoms with Gasteiger partial charge >= 0.3 is 5.97 Å². The summed E-state index contributed by atoms with van der Waals surface area (Å²) in [4.78, 5) is 27.2. The average Bonchev–Trinajstić information content (AvgIpc) is 3.29. The molecule has 3 heterocycles. The van der Waals surface area contributed by atoms with Gasteiger partial charge in [0.05, 0.1) is 30.2 Å². The van der Waals surface area contributed by atoms with Crippen LogP contribution in [0.3, 0.4) is 0 Å². The van der Waals surface area contributed by atoms with Crippen LogP contribution in [0.4, 0.5) is 10.1 Å². The van der Waals surface area contributed by atoms with Crippen LogP contribution in [0.25, 0.3) is 0 Å². The van der Waals surface area contributed by atoms with Gasteiger partial charge in [0.15, 0.2) is 0 Å². The van der Waals surface area contributed by atoms with E-state index in [9.17, 15) is 14.0 Å². The van der Waals surface area contributed by atoms with Gasteiger partial charge in [0.25, 0.3) is 0 Å². The Morgan fingerprint density at radius 1 is 1.44 bits per heavy atom. The fourth-order valence-corrected chi connectivity index (χ4v) is 4.38. The van der Waals surface area contributed by atoms with Crippen molar-refractivity contribution in [3.05, 3.63) is 41.2 Å². The molecule has 1 amide bonds. The number of hydrogen-bond donors (Lipinski definition) is 0. The van der Waals surface area contributed by atoms with E-state index in [1.165, 1.54) is 17.0 Å².